The van der Waals surface area contributed by atoms with Crippen molar-refractivity contribution in [1.82, 2.24) is 5.32 Å². The van der Waals surface area contributed by atoms with Crippen LogP contribution in [0.15, 0.2) is 0 Å². The summed E-state index contributed by atoms with van der Waals surface area (Å²) in [5.74, 6) is 1.80. The van der Waals surface area contributed by atoms with E-state index in [2.05, 4.69) is 19.2 Å². The highest BCUT2D eigenvalue weighted by Gasteiger charge is 2.23. The van der Waals surface area contributed by atoms with Crippen LogP contribution in [0.2, 0.25) is 0 Å². The van der Waals surface area contributed by atoms with Gasteiger partial charge in [-0.1, -0.05) is 13.8 Å². The number of amides is 1. The van der Waals surface area contributed by atoms with Gasteiger partial charge in [0.15, 0.2) is 0 Å². The van der Waals surface area contributed by atoms with Gasteiger partial charge in [-0.05, 0) is 37.5 Å². The van der Waals surface area contributed by atoms with E-state index in [0.29, 0.717) is 6.04 Å². The zero-order valence-electron chi connectivity index (χ0n) is 8.97. The van der Waals surface area contributed by atoms with Crippen molar-refractivity contribution >= 4 is 5.91 Å². The Morgan fingerprint density at radius 1 is 1.23 bits per heavy atom. The fourth-order valence-corrected chi connectivity index (χ4v) is 2.22. The van der Waals surface area contributed by atoms with Crippen molar-refractivity contribution in [2.45, 2.75) is 52.5 Å². The molecule has 0 aromatic rings. The van der Waals surface area contributed by atoms with Gasteiger partial charge in [-0.25, -0.2) is 0 Å². The number of rotatable bonds is 2. The summed E-state index contributed by atoms with van der Waals surface area (Å²) < 4.78 is 0. The molecule has 1 fully saturated rings. The predicted molar refractivity (Wildman–Crippen MR) is 54.4 cm³/mol. The quantitative estimate of drug-likeness (QED) is 0.699. The Morgan fingerprint density at radius 3 is 2.15 bits per heavy atom. The first-order valence-corrected chi connectivity index (χ1v) is 5.36. The molecular weight excluding hydrogens is 162 g/mol. The van der Waals surface area contributed by atoms with Crippen molar-refractivity contribution in [2.24, 2.45) is 11.8 Å². The third-order valence-corrected chi connectivity index (χ3v) is 3.12. The van der Waals surface area contributed by atoms with Crippen LogP contribution in [0.1, 0.15) is 46.5 Å². The standard InChI is InChI=1S/C11H21NO/c1-8(2)10-4-6-11(7-5-10)12-9(3)13/h8,10-11H,4-7H2,1-3H3,(H,12,13). The largest absolute Gasteiger partial charge is 0.354 e. The lowest BCUT2D eigenvalue weighted by Crippen LogP contribution is -2.36. The average Bonchev–Trinajstić information content (AvgIpc) is 2.04. The molecule has 1 rings (SSSR count). The Balaban J connectivity index is 2.26. The van der Waals surface area contributed by atoms with Crippen molar-refractivity contribution in [3.8, 4) is 0 Å². The summed E-state index contributed by atoms with van der Waals surface area (Å²) in [5.41, 5.74) is 0. The van der Waals surface area contributed by atoms with Gasteiger partial charge >= 0.3 is 0 Å². The smallest absolute Gasteiger partial charge is 0.217 e. The molecule has 0 heterocycles. The molecule has 1 N–H and O–H groups in total. The Labute approximate surface area is 81.1 Å². The topological polar surface area (TPSA) is 29.1 Å². The van der Waals surface area contributed by atoms with E-state index in [0.717, 1.165) is 11.8 Å². The van der Waals surface area contributed by atoms with Crippen LogP contribution in [0.5, 0.6) is 0 Å². The van der Waals surface area contributed by atoms with Crippen LogP contribution in [-0.2, 0) is 4.79 Å². The molecule has 2 heteroatoms. The first-order chi connectivity index (χ1) is 6.09. The second-order valence-electron chi connectivity index (χ2n) is 4.56. The molecule has 0 aliphatic heterocycles. The molecule has 0 saturated heterocycles. The second kappa shape index (κ2) is 4.64. The molecule has 0 aromatic carbocycles. The highest BCUT2D eigenvalue weighted by molar-refractivity contribution is 5.73. The Morgan fingerprint density at radius 2 is 1.77 bits per heavy atom. The SMILES string of the molecule is CC(=O)NC1CCC(C(C)C)CC1. The second-order valence-corrected chi connectivity index (χ2v) is 4.56. The average molecular weight is 183 g/mol. The van der Waals surface area contributed by atoms with E-state index in [-0.39, 0.29) is 5.91 Å². The van der Waals surface area contributed by atoms with Crippen LogP contribution in [0.3, 0.4) is 0 Å². The van der Waals surface area contributed by atoms with Gasteiger partial charge in [-0.2, -0.15) is 0 Å². The summed E-state index contributed by atoms with van der Waals surface area (Å²) in [6.45, 7) is 6.20. The van der Waals surface area contributed by atoms with Crippen molar-refractivity contribution in [3.63, 3.8) is 0 Å². The highest BCUT2D eigenvalue weighted by atomic mass is 16.1. The van der Waals surface area contributed by atoms with E-state index < -0.39 is 0 Å². The van der Waals surface area contributed by atoms with E-state index in [1.54, 1.807) is 6.92 Å². The number of nitrogens with one attached hydrogen (secondary N) is 1. The molecule has 76 valence electrons. The predicted octanol–water partition coefficient (Wildman–Crippen LogP) is 2.34. The normalized spacial score (nSPS) is 28.9. The number of carbonyl (C=O) groups excluding carboxylic acids is 1. The molecule has 2 nitrogen and oxygen atoms in total. The van der Waals surface area contributed by atoms with E-state index >= 15 is 0 Å². The molecule has 0 bridgehead atoms. The summed E-state index contributed by atoms with van der Waals surface area (Å²) in [4.78, 5) is 10.8. The minimum atomic E-state index is 0.119. The molecule has 1 aliphatic carbocycles. The lowest BCUT2D eigenvalue weighted by atomic mass is 9.80. The third-order valence-electron chi connectivity index (χ3n) is 3.12. The van der Waals surface area contributed by atoms with Crippen LogP contribution < -0.4 is 5.32 Å². The zero-order valence-corrected chi connectivity index (χ0v) is 8.97. The van der Waals surface area contributed by atoms with E-state index in [1.807, 2.05) is 0 Å². The summed E-state index contributed by atoms with van der Waals surface area (Å²) in [7, 11) is 0. The Kier molecular flexibility index (Phi) is 3.76. The minimum absolute atomic E-state index is 0.119. The van der Waals surface area contributed by atoms with Crippen LogP contribution >= 0.6 is 0 Å². The van der Waals surface area contributed by atoms with Crippen molar-refractivity contribution in [3.05, 3.63) is 0 Å². The number of hydrogen-bond acceptors (Lipinski definition) is 1. The van der Waals surface area contributed by atoms with Crippen LogP contribution in [0.25, 0.3) is 0 Å². The van der Waals surface area contributed by atoms with Crippen molar-refractivity contribution < 1.29 is 4.79 Å². The van der Waals surface area contributed by atoms with E-state index in [4.69, 9.17) is 0 Å². The molecule has 0 aromatic heterocycles. The lowest BCUT2D eigenvalue weighted by molar-refractivity contribution is -0.119. The van der Waals surface area contributed by atoms with Gasteiger partial charge in [-0.15, -0.1) is 0 Å². The van der Waals surface area contributed by atoms with E-state index in [1.165, 1.54) is 25.7 Å². The van der Waals surface area contributed by atoms with Gasteiger partial charge in [0.05, 0.1) is 0 Å². The Bertz CT molecular complexity index is 169. The molecule has 0 spiro atoms. The lowest BCUT2D eigenvalue weighted by Gasteiger charge is -2.31. The van der Waals surface area contributed by atoms with Gasteiger partial charge in [0.2, 0.25) is 5.91 Å². The van der Waals surface area contributed by atoms with Crippen LogP contribution in [0.4, 0.5) is 0 Å². The monoisotopic (exact) mass is 183 g/mol. The third kappa shape index (κ3) is 3.37. The molecule has 1 aliphatic rings. The van der Waals surface area contributed by atoms with E-state index in [9.17, 15) is 4.79 Å². The van der Waals surface area contributed by atoms with Gasteiger partial charge in [-0.3, -0.25) is 4.79 Å². The maximum Gasteiger partial charge on any atom is 0.217 e. The molecule has 1 saturated carbocycles. The van der Waals surface area contributed by atoms with Gasteiger partial charge < -0.3 is 5.32 Å². The highest BCUT2D eigenvalue weighted by Crippen LogP contribution is 2.29. The molecule has 13 heavy (non-hydrogen) atoms. The summed E-state index contributed by atoms with van der Waals surface area (Å²) >= 11 is 0. The Hall–Kier alpha value is -0.530. The van der Waals surface area contributed by atoms with Crippen molar-refractivity contribution in [1.29, 1.82) is 0 Å². The number of hydrogen-bond donors (Lipinski definition) is 1. The van der Waals surface area contributed by atoms with Gasteiger partial charge in [0, 0.05) is 13.0 Å². The fourth-order valence-electron chi connectivity index (χ4n) is 2.22. The summed E-state index contributed by atoms with van der Waals surface area (Å²) in [6.07, 6.45) is 4.90. The molecule has 0 radical (unpaired) electrons. The van der Waals surface area contributed by atoms with Crippen molar-refractivity contribution in [2.75, 3.05) is 0 Å². The maximum atomic E-state index is 10.8. The molecule has 0 atom stereocenters. The summed E-state index contributed by atoms with van der Waals surface area (Å²) in [5, 5.41) is 3.00. The van der Waals surface area contributed by atoms with Crippen LogP contribution in [0, 0.1) is 11.8 Å². The van der Waals surface area contributed by atoms with Gasteiger partial charge in [0.1, 0.15) is 0 Å². The first kappa shape index (κ1) is 10.6. The first-order valence-electron chi connectivity index (χ1n) is 5.36. The fraction of sp³-hybridized carbons (Fsp3) is 0.909. The zero-order chi connectivity index (χ0) is 9.84. The molecule has 1 amide bonds. The summed E-state index contributed by atoms with van der Waals surface area (Å²) in [6, 6.07) is 0.451. The minimum Gasteiger partial charge on any atom is -0.354 e. The molecular formula is C11H21NO. The van der Waals surface area contributed by atoms with Gasteiger partial charge in [0.25, 0.3) is 0 Å². The number of carbonyl (C=O) groups is 1. The van der Waals surface area contributed by atoms with Crippen LogP contribution in [-0.4, -0.2) is 11.9 Å². The maximum absolute atomic E-state index is 10.8. The molecule has 0 unspecified atom stereocenters.